The lowest BCUT2D eigenvalue weighted by molar-refractivity contribution is -0.147. The Morgan fingerprint density at radius 2 is 1.39 bits per heavy atom. The maximum absolute atomic E-state index is 12.8. The number of carbonyl (C=O) groups excluding carboxylic acids is 4. The molecule has 0 heterocycles. The van der Waals surface area contributed by atoms with Crippen molar-refractivity contribution in [2.45, 2.75) is 26.2 Å². The molecule has 0 aliphatic rings. The molecule has 0 spiro atoms. The first kappa shape index (κ1) is 23.5. The Hall–Kier alpha value is -3.75. The van der Waals surface area contributed by atoms with Gasteiger partial charge in [-0.25, -0.2) is 9.18 Å². The van der Waals surface area contributed by atoms with E-state index in [0.717, 1.165) is 6.42 Å². The molecule has 0 atom stereocenters. The first-order valence-corrected chi connectivity index (χ1v) is 9.65. The van der Waals surface area contributed by atoms with Crippen molar-refractivity contribution in [3.8, 4) is 0 Å². The van der Waals surface area contributed by atoms with E-state index < -0.39 is 36.2 Å². The van der Waals surface area contributed by atoms with Crippen molar-refractivity contribution in [3.63, 3.8) is 0 Å². The van der Waals surface area contributed by atoms with E-state index in [0.29, 0.717) is 23.5 Å². The minimum Gasteiger partial charge on any atom is -0.462 e. The van der Waals surface area contributed by atoms with Crippen LogP contribution in [0.3, 0.4) is 0 Å². The van der Waals surface area contributed by atoms with E-state index in [1.54, 1.807) is 12.1 Å². The third kappa shape index (κ3) is 8.65. The molecule has 9 heteroatoms. The topological polar surface area (TPSA) is 111 Å². The number of hydrogen-bond donors (Lipinski definition) is 2. The molecule has 0 aliphatic heterocycles. The van der Waals surface area contributed by atoms with Crippen LogP contribution in [-0.2, 0) is 23.9 Å². The van der Waals surface area contributed by atoms with Gasteiger partial charge in [-0.05, 0) is 55.0 Å². The summed E-state index contributed by atoms with van der Waals surface area (Å²) in [7, 11) is 0. The molecule has 2 N–H and O–H groups in total. The summed E-state index contributed by atoms with van der Waals surface area (Å²) in [6, 6.07) is 11.3. The fourth-order valence-corrected chi connectivity index (χ4v) is 2.36. The number of nitrogens with one attached hydrogen (secondary N) is 2. The Kier molecular flexibility index (Phi) is 9.15. The molecule has 2 aromatic carbocycles. The van der Waals surface area contributed by atoms with Crippen LogP contribution in [0.4, 0.5) is 15.8 Å². The highest BCUT2D eigenvalue weighted by molar-refractivity contribution is 5.95. The molecular weight excluding hydrogens is 407 g/mol. The number of esters is 2. The van der Waals surface area contributed by atoms with E-state index in [4.69, 9.17) is 9.47 Å². The van der Waals surface area contributed by atoms with Gasteiger partial charge in [-0.15, -0.1) is 0 Å². The zero-order valence-corrected chi connectivity index (χ0v) is 17.0. The average molecular weight is 430 g/mol. The Morgan fingerprint density at radius 3 is 2.00 bits per heavy atom. The maximum atomic E-state index is 12.8. The molecule has 0 radical (unpaired) electrons. The van der Waals surface area contributed by atoms with Gasteiger partial charge in [0.1, 0.15) is 5.82 Å². The van der Waals surface area contributed by atoms with Crippen LogP contribution in [0, 0.1) is 5.82 Å². The maximum Gasteiger partial charge on any atom is 0.338 e. The molecule has 8 nitrogen and oxygen atoms in total. The fourth-order valence-electron chi connectivity index (χ4n) is 2.36. The quantitative estimate of drug-likeness (QED) is 0.560. The lowest BCUT2D eigenvalue weighted by Crippen LogP contribution is -2.21. The van der Waals surface area contributed by atoms with E-state index in [1.807, 2.05) is 6.92 Å². The van der Waals surface area contributed by atoms with Gasteiger partial charge in [0, 0.05) is 17.8 Å². The predicted octanol–water partition coefficient (Wildman–Crippen LogP) is 3.29. The van der Waals surface area contributed by atoms with Crippen molar-refractivity contribution < 1.29 is 33.0 Å². The van der Waals surface area contributed by atoms with Gasteiger partial charge >= 0.3 is 11.9 Å². The fraction of sp³-hybridized carbons (Fsp3) is 0.273. The highest BCUT2D eigenvalue weighted by Crippen LogP contribution is 2.12. The number of rotatable bonds is 10. The number of ether oxygens (including phenoxy) is 2. The predicted molar refractivity (Wildman–Crippen MR) is 111 cm³/mol. The third-order valence-electron chi connectivity index (χ3n) is 3.89. The lowest BCUT2D eigenvalue weighted by atomic mass is 10.2. The van der Waals surface area contributed by atoms with Crippen molar-refractivity contribution in [2.24, 2.45) is 0 Å². The highest BCUT2D eigenvalue weighted by atomic mass is 19.1. The van der Waals surface area contributed by atoms with E-state index in [2.05, 4.69) is 10.6 Å². The van der Waals surface area contributed by atoms with Crippen LogP contribution in [0.25, 0.3) is 0 Å². The number of carbonyl (C=O) groups is 4. The van der Waals surface area contributed by atoms with E-state index in [-0.39, 0.29) is 12.8 Å². The normalized spacial score (nSPS) is 10.1. The van der Waals surface area contributed by atoms with Gasteiger partial charge in [0.25, 0.3) is 5.91 Å². The Bertz CT molecular complexity index is 913. The SMILES string of the molecule is CCCOC(=O)c1ccc(NC(=O)CCC(=O)OCC(=O)Nc2ccc(F)cc2)cc1. The molecular formula is C22H23FN2O6. The number of benzene rings is 2. The van der Waals surface area contributed by atoms with Gasteiger partial charge in [-0.2, -0.15) is 0 Å². The molecule has 0 fully saturated rings. The monoisotopic (exact) mass is 430 g/mol. The summed E-state index contributed by atoms with van der Waals surface area (Å²) < 4.78 is 22.7. The van der Waals surface area contributed by atoms with Crippen molar-refractivity contribution >= 4 is 35.1 Å². The largest absolute Gasteiger partial charge is 0.462 e. The van der Waals surface area contributed by atoms with E-state index in [9.17, 15) is 23.6 Å². The number of amides is 2. The molecule has 0 aliphatic carbocycles. The van der Waals surface area contributed by atoms with E-state index >= 15 is 0 Å². The molecule has 31 heavy (non-hydrogen) atoms. The molecule has 2 rings (SSSR count). The first-order chi connectivity index (χ1) is 14.9. The number of hydrogen-bond acceptors (Lipinski definition) is 6. The van der Waals surface area contributed by atoms with Crippen LogP contribution in [0.5, 0.6) is 0 Å². The minimum absolute atomic E-state index is 0.140. The highest BCUT2D eigenvalue weighted by Gasteiger charge is 2.12. The van der Waals surface area contributed by atoms with E-state index in [1.165, 1.54) is 36.4 Å². The second kappa shape index (κ2) is 12.1. The Balaban J connectivity index is 1.68. The van der Waals surface area contributed by atoms with Crippen molar-refractivity contribution in [3.05, 3.63) is 59.9 Å². The first-order valence-electron chi connectivity index (χ1n) is 9.65. The van der Waals surface area contributed by atoms with Crippen LogP contribution in [0.1, 0.15) is 36.5 Å². The van der Waals surface area contributed by atoms with Crippen molar-refractivity contribution in [1.29, 1.82) is 0 Å². The zero-order chi connectivity index (χ0) is 22.6. The summed E-state index contributed by atoms with van der Waals surface area (Å²) in [6.45, 7) is 1.71. The molecule has 0 saturated heterocycles. The van der Waals surface area contributed by atoms with Crippen molar-refractivity contribution in [1.82, 2.24) is 0 Å². The molecule has 2 amide bonds. The van der Waals surface area contributed by atoms with Crippen LogP contribution in [-0.4, -0.2) is 37.0 Å². The summed E-state index contributed by atoms with van der Waals surface area (Å²) in [6.07, 6.45) is 0.372. The molecule has 2 aromatic rings. The van der Waals surface area contributed by atoms with Crippen LogP contribution in [0.15, 0.2) is 48.5 Å². The summed E-state index contributed by atoms with van der Waals surface area (Å²) in [5.41, 5.74) is 1.20. The van der Waals surface area contributed by atoms with Gasteiger partial charge in [0.2, 0.25) is 5.91 Å². The second-order valence-electron chi connectivity index (χ2n) is 6.48. The van der Waals surface area contributed by atoms with Gasteiger partial charge in [-0.3, -0.25) is 14.4 Å². The van der Waals surface area contributed by atoms with Crippen LogP contribution in [0.2, 0.25) is 0 Å². The summed E-state index contributed by atoms with van der Waals surface area (Å²) in [4.78, 5) is 47.1. The number of anilines is 2. The summed E-state index contributed by atoms with van der Waals surface area (Å²) >= 11 is 0. The van der Waals surface area contributed by atoms with Gasteiger partial charge < -0.3 is 20.1 Å². The molecule has 0 saturated carbocycles. The number of halogens is 1. The van der Waals surface area contributed by atoms with Gasteiger partial charge in [0.05, 0.1) is 18.6 Å². The lowest BCUT2D eigenvalue weighted by Gasteiger charge is -2.08. The smallest absolute Gasteiger partial charge is 0.338 e. The van der Waals surface area contributed by atoms with Gasteiger partial charge in [-0.1, -0.05) is 6.92 Å². The molecule has 0 bridgehead atoms. The minimum atomic E-state index is -0.710. The second-order valence-corrected chi connectivity index (χ2v) is 6.48. The third-order valence-corrected chi connectivity index (χ3v) is 3.89. The average Bonchev–Trinajstić information content (AvgIpc) is 2.76. The van der Waals surface area contributed by atoms with Crippen LogP contribution >= 0.6 is 0 Å². The molecule has 0 unspecified atom stereocenters. The Morgan fingerprint density at radius 1 is 0.806 bits per heavy atom. The van der Waals surface area contributed by atoms with Gasteiger partial charge in [0.15, 0.2) is 6.61 Å². The summed E-state index contributed by atoms with van der Waals surface area (Å²) in [5.74, 6) is -2.59. The molecule has 164 valence electrons. The summed E-state index contributed by atoms with van der Waals surface area (Å²) in [5, 5.41) is 5.05. The van der Waals surface area contributed by atoms with Crippen LogP contribution < -0.4 is 10.6 Å². The standard InChI is InChI=1S/C22H23FN2O6/c1-2-13-30-22(29)15-3-7-17(8-4-15)24-19(26)11-12-21(28)31-14-20(27)25-18-9-5-16(23)6-10-18/h3-10H,2,11-14H2,1H3,(H,24,26)(H,25,27). The van der Waals surface area contributed by atoms with Crippen molar-refractivity contribution in [2.75, 3.05) is 23.8 Å². The zero-order valence-electron chi connectivity index (χ0n) is 17.0. The molecule has 0 aromatic heterocycles. The Labute approximate surface area is 178 Å².